The molecular formula is C25H23ClN2O3. The number of benzene rings is 3. The van der Waals surface area contributed by atoms with Crippen LogP contribution in [0.4, 0.5) is 5.69 Å². The maximum Gasteiger partial charge on any atom is 0.248 e. The first kappa shape index (κ1) is 20.9. The van der Waals surface area contributed by atoms with Crippen LogP contribution in [0.5, 0.6) is 11.5 Å². The predicted molar refractivity (Wildman–Crippen MR) is 122 cm³/mol. The molecule has 0 saturated carbocycles. The van der Waals surface area contributed by atoms with Crippen molar-refractivity contribution in [1.82, 2.24) is 0 Å². The van der Waals surface area contributed by atoms with Crippen molar-refractivity contribution in [3.63, 3.8) is 0 Å². The van der Waals surface area contributed by atoms with Gasteiger partial charge in [-0.15, -0.1) is 0 Å². The molecule has 5 nitrogen and oxygen atoms in total. The lowest BCUT2D eigenvalue weighted by Crippen LogP contribution is -2.24. The first-order valence-electron chi connectivity index (χ1n) is 10.1. The number of nitrogens with two attached hydrogens (primary N) is 1. The smallest absolute Gasteiger partial charge is 0.248 e. The highest BCUT2D eigenvalue weighted by Crippen LogP contribution is 2.40. The topological polar surface area (TPSA) is 72.6 Å². The molecule has 0 radical (unpaired) electrons. The average Bonchev–Trinajstić information content (AvgIpc) is 3.12. The Bertz CT molecular complexity index is 1180. The minimum Gasteiger partial charge on any atom is -0.457 e. The molecule has 1 heterocycles. The van der Waals surface area contributed by atoms with Gasteiger partial charge in [0.2, 0.25) is 11.8 Å². The second-order valence-electron chi connectivity index (χ2n) is 7.87. The number of carbonyl (C=O) groups is 2. The van der Waals surface area contributed by atoms with Gasteiger partial charge in [-0.1, -0.05) is 35.9 Å². The molecule has 1 aliphatic rings. The molecule has 1 aliphatic heterocycles. The lowest BCUT2D eigenvalue weighted by atomic mass is 9.97. The number of carbonyl (C=O) groups excluding carboxylic acids is 2. The van der Waals surface area contributed by atoms with Crippen molar-refractivity contribution in [3.05, 3.63) is 87.9 Å². The fourth-order valence-corrected chi connectivity index (χ4v) is 4.02. The van der Waals surface area contributed by atoms with E-state index in [1.165, 1.54) is 0 Å². The van der Waals surface area contributed by atoms with E-state index in [-0.39, 0.29) is 11.8 Å². The van der Waals surface area contributed by atoms with E-state index < -0.39 is 5.91 Å². The second kappa shape index (κ2) is 8.44. The lowest BCUT2D eigenvalue weighted by molar-refractivity contribution is -0.117. The van der Waals surface area contributed by atoms with Crippen molar-refractivity contribution in [2.45, 2.75) is 26.2 Å². The molecule has 1 fully saturated rings. The molecule has 3 aromatic carbocycles. The second-order valence-corrected chi connectivity index (χ2v) is 8.31. The van der Waals surface area contributed by atoms with Crippen molar-refractivity contribution < 1.29 is 14.3 Å². The zero-order valence-corrected chi connectivity index (χ0v) is 18.1. The predicted octanol–water partition coefficient (Wildman–Crippen LogP) is 5.37. The van der Waals surface area contributed by atoms with Crippen LogP contribution in [0, 0.1) is 13.8 Å². The highest BCUT2D eigenvalue weighted by Gasteiger charge is 2.33. The maximum atomic E-state index is 12.8. The van der Waals surface area contributed by atoms with E-state index in [4.69, 9.17) is 22.1 Å². The molecule has 158 valence electrons. The van der Waals surface area contributed by atoms with Crippen molar-refractivity contribution in [3.8, 4) is 11.5 Å². The van der Waals surface area contributed by atoms with Gasteiger partial charge in [0, 0.05) is 40.7 Å². The summed E-state index contributed by atoms with van der Waals surface area (Å²) < 4.78 is 6.27. The molecule has 0 bridgehead atoms. The Morgan fingerprint density at radius 3 is 2.65 bits per heavy atom. The normalized spacial score (nSPS) is 15.9. The Balaban J connectivity index is 1.65. The van der Waals surface area contributed by atoms with Gasteiger partial charge >= 0.3 is 0 Å². The molecule has 4 rings (SSSR count). The van der Waals surface area contributed by atoms with Gasteiger partial charge in [0.05, 0.1) is 0 Å². The average molecular weight is 435 g/mol. The highest BCUT2D eigenvalue weighted by atomic mass is 35.5. The molecule has 3 aromatic rings. The fourth-order valence-electron chi connectivity index (χ4n) is 3.86. The van der Waals surface area contributed by atoms with Crippen LogP contribution in [-0.2, 0) is 4.79 Å². The maximum absolute atomic E-state index is 12.8. The number of hydrogen-bond donors (Lipinski definition) is 1. The molecule has 1 saturated heterocycles. The summed E-state index contributed by atoms with van der Waals surface area (Å²) in [7, 11) is 0. The van der Waals surface area contributed by atoms with Gasteiger partial charge in [0.25, 0.3) is 0 Å². The fraction of sp³-hybridized carbons (Fsp3) is 0.200. The summed E-state index contributed by atoms with van der Waals surface area (Å²) in [5.41, 5.74) is 9.47. The Kier molecular flexibility index (Phi) is 5.70. The lowest BCUT2D eigenvalue weighted by Gasteiger charge is -2.19. The number of amides is 2. The minimum atomic E-state index is -0.521. The molecule has 0 aromatic heterocycles. The molecule has 2 amide bonds. The zero-order chi connectivity index (χ0) is 22.1. The summed E-state index contributed by atoms with van der Waals surface area (Å²) in [6.07, 6.45) is 0.339. The third-order valence-electron chi connectivity index (χ3n) is 5.55. The van der Waals surface area contributed by atoms with Gasteiger partial charge in [0.1, 0.15) is 11.5 Å². The number of ether oxygens (including phenoxy) is 1. The summed E-state index contributed by atoms with van der Waals surface area (Å²) in [5, 5.41) is 0.569. The number of anilines is 1. The van der Waals surface area contributed by atoms with Crippen LogP contribution >= 0.6 is 11.6 Å². The summed E-state index contributed by atoms with van der Waals surface area (Å²) in [6, 6.07) is 18.4. The van der Waals surface area contributed by atoms with E-state index in [1.54, 1.807) is 29.2 Å². The van der Waals surface area contributed by atoms with E-state index in [0.29, 0.717) is 35.0 Å². The number of primary amides is 1. The first-order chi connectivity index (χ1) is 14.8. The van der Waals surface area contributed by atoms with Crippen molar-refractivity contribution in [2.75, 3.05) is 11.4 Å². The minimum absolute atomic E-state index is 0.0146. The van der Waals surface area contributed by atoms with Crippen LogP contribution in [0.3, 0.4) is 0 Å². The standard InChI is InChI=1S/C25H23ClN2O3/c1-15-6-7-16(2)22(10-15)31-23-13-19(26)8-9-21(23)18-12-24(29)28(14-18)20-5-3-4-17(11-20)25(27)30/h3-11,13,18H,12,14H2,1-2H3,(H2,27,30)/t18-/m0/s1. The van der Waals surface area contributed by atoms with Gasteiger partial charge in [-0.3, -0.25) is 9.59 Å². The van der Waals surface area contributed by atoms with Gasteiger partial charge in [-0.25, -0.2) is 0 Å². The number of halogens is 1. The highest BCUT2D eigenvalue weighted by molar-refractivity contribution is 6.30. The van der Waals surface area contributed by atoms with Crippen LogP contribution < -0.4 is 15.4 Å². The number of aryl methyl sites for hydroxylation is 2. The molecule has 0 aliphatic carbocycles. The SMILES string of the molecule is Cc1ccc(C)c(Oc2cc(Cl)ccc2[C@H]2CC(=O)N(c3cccc(C(N)=O)c3)C2)c1. The van der Waals surface area contributed by atoms with E-state index in [0.717, 1.165) is 22.4 Å². The summed E-state index contributed by atoms with van der Waals surface area (Å²) >= 11 is 6.26. The third kappa shape index (κ3) is 4.42. The van der Waals surface area contributed by atoms with E-state index in [2.05, 4.69) is 0 Å². The Labute approximate surface area is 186 Å². The summed E-state index contributed by atoms with van der Waals surface area (Å²) in [5.74, 6) is 0.805. The Morgan fingerprint density at radius 2 is 1.87 bits per heavy atom. The first-order valence-corrected chi connectivity index (χ1v) is 10.4. The Hall–Kier alpha value is -3.31. The van der Waals surface area contributed by atoms with Crippen LogP contribution in [0.15, 0.2) is 60.7 Å². The third-order valence-corrected chi connectivity index (χ3v) is 5.78. The van der Waals surface area contributed by atoms with Gasteiger partial charge in [0.15, 0.2) is 0 Å². The number of nitrogens with zero attached hydrogens (tertiary/aromatic N) is 1. The van der Waals surface area contributed by atoms with Gasteiger partial charge < -0.3 is 15.4 Å². The largest absolute Gasteiger partial charge is 0.457 e. The van der Waals surface area contributed by atoms with Gasteiger partial charge in [-0.05, 0) is 61.4 Å². The van der Waals surface area contributed by atoms with Crippen molar-refractivity contribution in [1.29, 1.82) is 0 Å². The molecule has 1 atom stereocenters. The molecule has 0 unspecified atom stereocenters. The van der Waals surface area contributed by atoms with Crippen molar-refractivity contribution in [2.24, 2.45) is 5.73 Å². The number of rotatable bonds is 5. The van der Waals surface area contributed by atoms with Crippen LogP contribution in [0.25, 0.3) is 0 Å². The van der Waals surface area contributed by atoms with Gasteiger partial charge in [-0.2, -0.15) is 0 Å². The van der Waals surface area contributed by atoms with E-state index in [9.17, 15) is 9.59 Å². The zero-order valence-electron chi connectivity index (χ0n) is 17.4. The van der Waals surface area contributed by atoms with E-state index in [1.807, 2.05) is 50.2 Å². The van der Waals surface area contributed by atoms with Crippen molar-refractivity contribution >= 4 is 29.1 Å². The quantitative estimate of drug-likeness (QED) is 0.586. The number of hydrogen-bond acceptors (Lipinski definition) is 3. The molecule has 31 heavy (non-hydrogen) atoms. The molecule has 2 N–H and O–H groups in total. The molecular weight excluding hydrogens is 412 g/mol. The van der Waals surface area contributed by atoms with Crippen LogP contribution in [0.2, 0.25) is 5.02 Å². The summed E-state index contributed by atoms with van der Waals surface area (Å²) in [6.45, 7) is 4.48. The summed E-state index contributed by atoms with van der Waals surface area (Å²) in [4.78, 5) is 26.0. The van der Waals surface area contributed by atoms with E-state index >= 15 is 0 Å². The Morgan fingerprint density at radius 1 is 1.06 bits per heavy atom. The molecule has 6 heteroatoms. The van der Waals surface area contributed by atoms with Crippen LogP contribution in [-0.4, -0.2) is 18.4 Å². The molecule has 0 spiro atoms. The monoisotopic (exact) mass is 434 g/mol. The van der Waals surface area contributed by atoms with Crippen LogP contribution in [0.1, 0.15) is 39.4 Å².